The Bertz CT molecular complexity index is 453. The summed E-state index contributed by atoms with van der Waals surface area (Å²) in [4.78, 5) is 14.3. The Kier molecular flexibility index (Phi) is 7.79. The van der Waals surface area contributed by atoms with Crippen LogP contribution in [0.1, 0.15) is 51.4 Å². The zero-order chi connectivity index (χ0) is 16.5. The molecular formula is C16H31N3O3S. The van der Waals surface area contributed by atoms with E-state index in [1.165, 1.54) is 32.1 Å². The van der Waals surface area contributed by atoms with E-state index in [1.807, 2.05) is 0 Å². The Morgan fingerprint density at radius 3 is 2.09 bits per heavy atom. The number of likely N-dealkylation sites (tertiary alicyclic amines) is 1. The van der Waals surface area contributed by atoms with Crippen molar-refractivity contribution < 1.29 is 13.2 Å². The molecule has 0 bridgehead atoms. The van der Waals surface area contributed by atoms with Crippen molar-refractivity contribution in [2.75, 3.05) is 45.0 Å². The van der Waals surface area contributed by atoms with Gasteiger partial charge in [0.2, 0.25) is 15.9 Å². The third-order valence-electron chi connectivity index (χ3n) is 4.74. The molecule has 0 spiro atoms. The van der Waals surface area contributed by atoms with Crippen LogP contribution in [0.4, 0.5) is 0 Å². The topological polar surface area (TPSA) is 69.7 Å². The molecule has 0 unspecified atom stereocenters. The fourth-order valence-electron chi connectivity index (χ4n) is 3.30. The van der Waals surface area contributed by atoms with Crippen LogP contribution in [-0.2, 0) is 14.8 Å². The second kappa shape index (κ2) is 9.59. The lowest BCUT2D eigenvalue weighted by Gasteiger charge is -2.24. The van der Waals surface area contributed by atoms with Crippen LogP contribution >= 0.6 is 0 Å². The minimum absolute atomic E-state index is 0.0163. The quantitative estimate of drug-likeness (QED) is 0.752. The Labute approximate surface area is 140 Å². The summed E-state index contributed by atoms with van der Waals surface area (Å²) in [7, 11) is -3.19. The lowest BCUT2D eigenvalue weighted by molar-refractivity contribution is -0.121. The molecule has 1 amide bonds. The number of rotatable bonds is 7. The van der Waals surface area contributed by atoms with Gasteiger partial charge in [-0.15, -0.1) is 0 Å². The van der Waals surface area contributed by atoms with Crippen molar-refractivity contribution in [2.45, 2.75) is 51.4 Å². The molecule has 1 N–H and O–H groups in total. The molecule has 0 aromatic heterocycles. The molecule has 2 aliphatic heterocycles. The third-order valence-corrected chi connectivity index (χ3v) is 6.62. The molecule has 0 saturated carbocycles. The zero-order valence-corrected chi connectivity index (χ0v) is 15.0. The highest BCUT2D eigenvalue weighted by Gasteiger charge is 2.24. The van der Waals surface area contributed by atoms with Crippen LogP contribution in [0, 0.1) is 0 Å². The molecule has 0 aromatic rings. The van der Waals surface area contributed by atoms with E-state index in [2.05, 4.69) is 10.2 Å². The number of nitrogens with zero attached hydrogens (tertiary/aromatic N) is 2. The summed E-state index contributed by atoms with van der Waals surface area (Å²) >= 11 is 0. The number of amides is 1. The molecule has 0 aliphatic carbocycles. The van der Waals surface area contributed by atoms with Crippen molar-refractivity contribution >= 4 is 15.9 Å². The van der Waals surface area contributed by atoms with Gasteiger partial charge in [-0.05, 0) is 38.8 Å². The highest BCUT2D eigenvalue weighted by molar-refractivity contribution is 7.89. The number of carbonyl (C=O) groups is 1. The summed E-state index contributed by atoms with van der Waals surface area (Å²) in [5.74, 6) is -0.0219. The minimum Gasteiger partial charge on any atom is -0.355 e. The Morgan fingerprint density at radius 2 is 1.43 bits per heavy atom. The van der Waals surface area contributed by atoms with E-state index < -0.39 is 10.0 Å². The Hall–Kier alpha value is -0.660. The number of hydrogen-bond acceptors (Lipinski definition) is 4. The number of carbonyl (C=O) groups excluding carboxylic acids is 1. The van der Waals surface area contributed by atoms with Gasteiger partial charge in [-0.2, -0.15) is 0 Å². The van der Waals surface area contributed by atoms with Gasteiger partial charge in [-0.3, -0.25) is 4.79 Å². The van der Waals surface area contributed by atoms with Gasteiger partial charge >= 0.3 is 0 Å². The van der Waals surface area contributed by atoms with Gasteiger partial charge in [0.15, 0.2) is 0 Å². The molecular weight excluding hydrogens is 314 g/mol. The van der Waals surface area contributed by atoms with Crippen molar-refractivity contribution in [1.29, 1.82) is 0 Å². The number of hydrogen-bond donors (Lipinski definition) is 1. The maximum Gasteiger partial charge on any atom is 0.221 e. The maximum atomic E-state index is 12.1. The molecule has 2 heterocycles. The van der Waals surface area contributed by atoms with Gasteiger partial charge < -0.3 is 10.2 Å². The van der Waals surface area contributed by atoms with Gasteiger partial charge in [0, 0.05) is 32.6 Å². The smallest absolute Gasteiger partial charge is 0.221 e. The van der Waals surface area contributed by atoms with Crippen LogP contribution in [0.15, 0.2) is 0 Å². The van der Waals surface area contributed by atoms with E-state index in [1.54, 1.807) is 4.31 Å². The fraction of sp³-hybridized carbons (Fsp3) is 0.938. The lowest BCUT2D eigenvalue weighted by atomic mass is 10.1. The van der Waals surface area contributed by atoms with Crippen LogP contribution in [0.2, 0.25) is 0 Å². The highest BCUT2D eigenvalue weighted by Crippen LogP contribution is 2.13. The van der Waals surface area contributed by atoms with Gasteiger partial charge in [0.25, 0.3) is 0 Å². The lowest BCUT2D eigenvalue weighted by Crippen LogP contribution is -2.37. The van der Waals surface area contributed by atoms with E-state index in [9.17, 15) is 13.2 Å². The molecule has 23 heavy (non-hydrogen) atoms. The highest BCUT2D eigenvalue weighted by atomic mass is 32.2. The minimum atomic E-state index is -3.19. The first-order chi connectivity index (χ1) is 11.1. The number of nitrogens with one attached hydrogen (secondary N) is 1. The van der Waals surface area contributed by atoms with Crippen molar-refractivity contribution in [1.82, 2.24) is 14.5 Å². The zero-order valence-electron chi connectivity index (χ0n) is 14.1. The van der Waals surface area contributed by atoms with E-state index in [0.29, 0.717) is 19.5 Å². The van der Waals surface area contributed by atoms with Crippen molar-refractivity contribution in [3.05, 3.63) is 0 Å². The molecule has 2 fully saturated rings. The summed E-state index contributed by atoms with van der Waals surface area (Å²) in [6.45, 7) is 4.42. The van der Waals surface area contributed by atoms with Crippen LogP contribution < -0.4 is 5.32 Å². The molecule has 0 atom stereocenters. The monoisotopic (exact) mass is 345 g/mol. The molecule has 7 heteroatoms. The first-order valence-electron chi connectivity index (χ1n) is 9.05. The third kappa shape index (κ3) is 6.77. The van der Waals surface area contributed by atoms with Crippen molar-refractivity contribution in [2.24, 2.45) is 0 Å². The largest absolute Gasteiger partial charge is 0.355 e. The van der Waals surface area contributed by atoms with E-state index in [4.69, 9.17) is 0 Å². The summed E-state index contributed by atoms with van der Waals surface area (Å²) in [5.41, 5.74) is 0. The standard InChI is InChI=1S/C16H31N3O3S/c20-16(8-14-18-10-4-2-1-3-5-11-18)17-9-15-23(21,22)19-12-6-7-13-19/h1-15H2,(H,17,20). The molecule has 6 nitrogen and oxygen atoms in total. The van der Waals surface area contributed by atoms with Crippen LogP contribution in [-0.4, -0.2) is 68.6 Å². The molecule has 2 saturated heterocycles. The summed E-state index contributed by atoms with van der Waals surface area (Å²) in [6, 6.07) is 0. The van der Waals surface area contributed by atoms with Crippen LogP contribution in [0.3, 0.4) is 0 Å². The predicted molar refractivity (Wildman–Crippen MR) is 91.7 cm³/mol. The van der Waals surface area contributed by atoms with E-state index >= 15 is 0 Å². The normalized spacial score (nSPS) is 21.7. The van der Waals surface area contributed by atoms with Crippen molar-refractivity contribution in [3.8, 4) is 0 Å². The van der Waals surface area contributed by atoms with E-state index in [0.717, 1.165) is 32.5 Å². The summed E-state index contributed by atoms with van der Waals surface area (Å²) in [6.07, 6.45) is 8.70. The van der Waals surface area contributed by atoms with E-state index in [-0.39, 0.29) is 18.2 Å². The van der Waals surface area contributed by atoms with Gasteiger partial charge in [0.1, 0.15) is 0 Å². The summed E-state index contributed by atoms with van der Waals surface area (Å²) < 4.78 is 25.7. The average molecular weight is 346 g/mol. The first kappa shape index (κ1) is 18.7. The molecule has 134 valence electrons. The molecule has 0 radical (unpaired) electrons. The molecule has 2 rings (SSSR count). The first-order valence-corrected chi connectivity index (χ1v) is 10.7. The second-order valence-electron chi connectivity index (χ2n) is 6.63. The van der Waals surface area contributed by atoms with Crippen molar-refractivity contribution in [3.63, 3.8) is 0 Å². The average Bonchev–Trinajstić information content (AvgIpc) is 3.01. The second-order valence-corrected chi connectivity index (χ2v) is 8.72. The SMILES string of the molecule is O=C(CCN1CCCCCCC1)NCCS(=O)(=O)N1CCCC1. The Morgan fingerprint density at radius 1 is 0.870 bits per heavy atom. The summed E-state index contributed by atoms with van der Waals surface area (Å²) in [5, 5.41) is 2.76. The van der Waals surface area contributed by atoms with Gasteiger partial charge in [0.05, 0.1) is 5.75 Å². The molecule has 0 aromatic carbocycles. The molecule has 2 aliphatic rings. The van der Waals surface area contributed by atoms with Crippen LogP contribution in [0.25, 0.3) is 0 Å². The fourth-order valence-corrected chi connectivity index (χ4v) is 4.73. The van der Waals surface area contributed by atoms with Crippen LogP contribution in [0.5, 0.6) is 0 Å². The predicted octanol–water partition coefficient (Wildman–Crippen LogP) is 1.18. The van der Waals surface area contributed by atoms with Gasteiger partial charge in [-0.25, -0.2) is 12.7 Å². The Balaban J connectivity index is 1.60. The van der Waals surface area contributed by atoms with Gasteiger partial charge in [-0.1, -0.05) is 19.3 Å². The maximum absolute atomic E-state index is 12.1. The number of sulfonamides is 1.